The van der Waals surface area contributed by atoms with Crippen molar-refractivity contribution in [1.82, 2.24) is 14.8 Å². The molecule has 0 saturated heterocycles. The number of nitrogens with zero attached hydrogens (tertiary/aromatic N) is 4. The van der Waals surface area contributed by atoms with E-state index in [0.29, 0.717) is 23.3 Å². The molecule has 1 N–H and O–H groups in total. The predicted molar refractivity (Wildman–Crippen MR) is 102 cm³/mol. The molecule has 28 heavy (non-hydrogen) atoms. The molecule has 3 aromatic rings. The maximum absolute atomic E-state index is 12.1. The SMILES string of the molecule is CC(C)[NH+](Cc1nnc(-c2ccc(Cl)cc2)o1)Cn1cc([N+](=O)[O-])ccc1=O. The molecule has 0 bridgehead atoms. The first-order valence-corrected chi connectivity index (χ1v) is 8.99. The number of pyridine rings is 1. The second-order valence-electron chi connectivity index (χ2n) is 6.61. The van der Waals surface area contributed by atoms with Gasteiger partial charge in [0.05, 0.1) is 17.2 Å². The van der Waals surface area contributed by atoms with Gasteiger partial charge in [-0.2, -0.15) is 0 Å². The van der Waals surface area contributed by atoms with Gasteiger partial charge in [-0.15, -0.1) is 10.2 Å². The van der Waals surface area contributed by atoms with Crippen molar-refractivity contribution in [2.24, 2.45) is 0 Å². The smallest absolute Gasteiger partial charge is 0.285 e. The molecule has 146 valence electrons. The molecular formula is C18H19ClN5O4+. The van der Waals surface area contributed by atoms with Gasteiger partial charge in [0, 0.05) is 22.7 Å². The fourth-order valence-electron chi connectivity index (χ4n) is 2.64. The first kappa shape index (κ1) is 19.7. The molecule has 1 atom stereocenters. The van der Waals surface area contributed by atoms with Crippen LogP contribution < -0.4 is 10.5 Å². The second-order valence-corrected chi connectivity index (χ2v) is 7.04. The summed E-state index contributed by atoms with van der Waals surface area (Å²) in [5, 5.41) is 19.7. The fraction of sp³-hybridized carbons (Fsp3) is 0.278. The van der Waals surface area contributed by atoms with Crippen molar-refractivity contribution in [3.8, 4) is 11.5 Å². The van der Waals surface area contributed by atoms with Crippen LogP contribution in [0.1, 0.15) is 19.7 Å². The van der Waals surface area contributed by atoms with Gasteiger partial charge in [-0.1, -0.05) is 11.6 Å². The summed E-state index contributed by atoms with van der Waals surface area (Å²) in [5.74, 6) is 0.786. The molecule has 0 aliphatic heterocycles. The lowest BCUT2D eigenvalue weighted by Crippen LogP contribution is -3.13. The van der Waals surface area contributed by atoms with Crippen LogP contribution >= 0.6 is 11.6 Å². The molecule has 0 aliphatic rings. The van der Waals surface area contributed by atoms with Gasteiger partial charge in [-0.05, 0) is 38.1 Å². The lowest BCUT2D eigenvalue weighted by Gasteiger charge is -2.22. The van der Waals surface area contributed by atoms with Crippen LogP contribution in [0.5, 0.6) is 0 Å². The first-order chi connectivity index (χ1) is 13.3. The number of nitro groups is 1. The highest BCUT2D eigenvalue weighted by molar-refractivity contribution is 6.30. The van der Waals surface area contributed by atoms with E-state index in [-0.39, 0.29) is 24.0 Å². The van der Waals surface area contributed by atoms with Crippen molar-refractivity contribution in [1.29, 1.82) is 0 Å². The zero-order chi connectivity index (χ0) is 20.3. The van der Waals surface area contributed by atoms with E-state index in [0.717, 1.165) is 10.5 Å². The highest BCUT2D eigenvalue weighted by atomic mass is 35.5. The Morgan fingerprint density at radius 2 is 1.93 bits per heavy atom. The molecule has 0 radical (unpaired) electrons. The van der Waals surface area contributed by atoms with Gasteiger partial charge >= 0.3 is 0 Å². The molecule has 0 fully saturated rings. The van der Waals surface area contributed by atoms with E-state index in [1.54, 1.807) is 24.3 Å². The quantitative estimate of drug-likeness (QED) is 0.476. The Morgan fingerprint density at radius 1 is 1.21 bits per heavy atom. The minimum Gasteiger partial charge on any atom is -0.415 e. The lowest BCUT2D eigenvalue weighted by molar-refractivity contribution is -0.958. The van der Waals surface area contributed by atoms with Crippen LogP contribution in [0.4, 0.5) is 5.69 Å². The lowest BCUT2D eigenvalue weighted by atomic mass is 10.2. The maximum Gasteiger partial charge on any atom is 0.285 e. The van der Waals surface area contributed by atoms with Gasteiger partial charge < -0.3 is 9.32 Å². The van der Waals surface area contributed by atoms with Crippen molar-refractivity contribution in [3.05, 3.63) is 74.0 Å². The Hall–Kier alpha value is -3.04. The Kier molecular flexibility index (Phi) is 5.86. The largest absolute Gasteiger partial charge is 0.415 e. The maximum atomic E-state index is 12.1. The Bertz CT molecular complexity index is 1030. The molecule has 2 aromatic heterocycles. The third-order valence-corrected chi connectivity index (χ3v) is 4.56. The summed E-state index contributed by atoms with van der Waals surface area (Å²) in [7, 11) is 0. The van der Waals surface area contributed by atoms with Crippen LogP contribution in [0.25, 0.3) is 11.5 Å². The summed E-state index contributed by atoms with van der Waals surface area (Å²) in [4.78, 5) is 23.5. The van der Waals surface area contributed by atoms with Gasteiger partial charge in [-0.25, -0.2) is 0 Å². The summed E-state index contributed by atoms with van der Waals surface area (Å²) in [6, 6.07) is 9.55. The Morgan fingerprint density at radius 3 is 2.57 bits per heavy atom. The summed E-state index contributed by atoms with van der Waals surface area (Å²) < 4.78 is 7.06. The third-order valence-electron chi connectivity index (χ3n) is 4.30. The van der Waals surface area contributed by atoms with Crippen molar-refractivity contribution in [3.63, 3.8) is 0 Å². The van der Waals surface area contributed by atoms with Gasteiger partial charge in [0.15, 0.2) is 13.2 Å². The van der Waals surface area contributed by atoms with Crippen molar-refractivity contribution in [2.45, 2.75) is 33.1 Å². The highest BCUT2D eigenvalue weighted by Crippen LogP contribution is 2.19. The average molecular weight is 405 g/mol. The molecule has 1 unspecified atom stereocenters. The van der Waals surface area contributed by atoms with Crippen LogP contribution in [-0.4, -0.2) is 25.7 Å². The fourth-order valence-corrected chi connectivity index (χ4v) is 2.77. The van der Waals surface area contributed by atoms with Crippen LogP contribution in [0.15, 0.2) is 51.8 Å². The van der Waals surface area contributed by atoms with E-state index >= 15 is 0 Å². The molecule has 0 saturated carbocycles. The zero-order valence-electron chi connectivity index (χ0n) is 15.3. The molecule has 0 amide bonds. The monoisotopic (exact) mass is 404 g/mol. The van der Waals surface area contributed by atoms with E-state index < -0.39 is 4.92 Å². The van der Waals surface area contributed by atoms with E-state index in [1.807, 2.05) is 13.8 Å². The van der Waals surface area contributed by atoms with Gasteiger partial charge in [0.25, 0.3) is 17.1 Å². The van der Waals surface area contributed by atoms with Crippen LogP contribution in [0.3, 0.4) is 0 Å². The molecule has 1 aromatic carbocycles. The number of quaternary nitrogens is 1. The summed E-state index contributed by atoms with van der Waals surface area (Å²) in [6.45, 7) is 4.56. The van der Waals surface area contributed by atoms with E-state index in [1.165, 1.54) is 22.9 Å². The van der Waals surface area contributed by atoms with Crippen LogP contribution in [-0.2, 0) is 13.2 Å². The van der Waals surface area contributed by atoms with Crippen LogP contribution in [0.2, 0.25) is 5.02 Å². The number of hydrogen-bond acceptors (Lipinski definition) is 6. The topological polar surface area (TPSA) is 108 Å². The summed E-state index contributed by atoms with van der Waals surface area (Å²) in [6.07, 6.45) is 1.25. The van der Waals surface area contributed by atoms with Crippen molar-refractivity contribution in [2.75, 3.05) is 0 Å². The molecule has 3 rings (SSSR count). The van der Waals surface area contributed by atoms with E-state index in [2.05, 4.69) is 10.2 Å². The van der Waals surface area contributed by atoms with Crippen molar-refractivity contribution < 1.29 is 14.2 Å². The Labute approximate surface area is 165 Å². The normalized spacial score (nSPS) is 12.3. The first-order valence-electron chi connectivity index (χ1n) is 8.61. The average Bonchev–Trinajstić information content (AvgIpc) is 3.11. The third kappa shape index (κ3) is 4.62. The number of benzene rings is 1. The molecule has 10 heteroatoms. The molecule has 9 nitrogen and oxygen atoms in total. The number of hydrogen-bond donors (Lipinski definition) is 1. The minimum atomic E-state index is -0.526. The summed E-state index contributed by atoms with van der Waals surface area (Å²) >= 11 is 5.89. The molecule has 0 spiro atoms. The predicted octanol–water partition coefficient (Wildman–Crippen LogP) is 1.91. The Balaban J connectivity index is 1.79. The van der Waals surface area contributed by atoms with E-state index in [9.17, 15) is 14.9 Å². The number of halogens is 1. The van der Waals surface area contributed by atoms with Gasteiger partial charge in [0.1, 0.15) is 0 Å². The van der Waals surface area contributed by atoms with Gasteiger partial charge in [-0.3, -0.25) is 19.5 Å². The number of rotatable bonds is 7. The van der Waals surface area contributed by atoms with Crippen molar-refractivity contribution >= 4 is 17.3 Å². The molecule has 0 aliphatic carbocycles. The minimum absolute atomic E-state index is 0.108. The van der Waals surface area contributed by atoms with Crippen LogP contribution in [0, 0.1) is 10.1 Å². The highest BCUT2D eigenvalue weighted by Gasteiger charge is 2.20. The standard InChI is InChI=1S/C18H18ClN5O4/c1-12(2)22(11-23-9-15(24(26)27)7-8-17(23)25)10-16-20-21-18(28-16)13-3-5-14(19)6-4-13/h3-9,12H,10-11H2,1-2H3/p+1. The zero-order valence-corrected chi connectivity index (χ0v) is 16.1. The second kappa shape index (κ2) is 8.32. The molecular weight excluding hydrogens is 386 g/mol. The number of nitrogens with one attached hydrogen (secondary N) is 1. The molecule has 2 heterocycles. The van der Waals surface area contributed by atoms with E-state index in [4.69, 9.17) is 16.0 Å². The number of aromatic nitrogens is 3. The van der Waals surface area contributed by atoms with Gasteiger partial charge in [0.2, 0.25) is 5.89 Å². The summed E-state index contributed by atoms with van der Waals surface area (Å²) in [5.41, 5.74) is 0.311.